The minimum absolute atomic E-state index is 0.129. The van der Waals surface area contributed by atoms with E-state index in [0.29, 0.717) is 28.6 Å². The molecule has 0 atom stereocenters. The van der Waals surface area contributed by atoms with Gasteiger partial charge in [0.25, 0.3) is 5.56 Å². The highest BCUT2D eigenvalue weighted by atomic mass is 35.5. The summed E-state index contributed by atoms with van der Waals surface area (Å²) in [6, 6.07) is 13.5. The van der Waals surface area contributed by atoms with E-state index in [1.807, 2.05) is 50.2 Å². The van der Waals surface area contributed by atoms with Crippen LogP contribution in [0.3, 0.4) is 0 Å². The molecule has 0 aliphatic carbocycles. The Morgan fingerprint density at radius 3 is 2.48 bits per heavy atom. The van der Waals surface area contributed by atoms with E-state index in [4.69, 9.17) is 11.6 Å². The molecule has 1 aromatic heterocycles. The van der Waals surface area contributed by atoms with Gasteiger partial charge < -0.3 is 5.32 Å². The highest BCUT2D eigenvalue weighted by Crippen LogP contribution is 2.21. The number of aromatic amines is 1. The Morgan fingerprint density at radius 1 is 1.08 bits per heavy atom. The zero-order valence-corrected chi connectivity index (χ0v) is 15.2. The number of aromatic nitrogens is 2. The van der Waals surface area contributed by atoms with Crippen LogP contribution in [0.25, 0.3) is 0 Å². The Balaban J connectivity index is 1.88. The molecular weight excluding hydrogens is 334 g/mol. The van der Waals surface area contributed by atoms with Gasteiger partial charge in [-0.25, -0.2) is 4.98 Å². The Hall–Kier alpha value is -2.59. The molecule has 0 radical (unpaired) electrons. The lowest BCUT2D eigenvalue weighted by molar-refractivity contribution is 0.985. The first-order valence-electron chi connectivity index (χ1n) is 8.11. The maximum Gasteiger partial charge on any atom is 0.256 e. The largest absolute Gasteiger partial charge is 0.325 e. The topological polar surface area (TPSA) is 57.8 Å². The number of hydrogen-bond acceptors (Lipinski definition) is 3. The van der Waals surface area contributed by atoms with E-state index >= 15 is 0 Å². The van der Waals surface area contributed by atoms with Crippen LogP contribution < -0.4 is 10.9 Å². The van der Waals surface area contributed by atoms with E-state index < -0.39 is 0 Å². The molecule has 5 heteroatoms. The minimum atomic E-state index is -0.129. The predicted molar refractivity (Wildman–Crippen MR) is 103 cm³/mol. The number of nitrogens with one attached hydrogen (secondary N) is 2. The summed E-state index contributed by atoms with van der Waals surface area (Å²) in [6.07, 6.45) is 0.523. The molecule has 0 amide bonds. The van der Waals surface area contributed by atoms with Crippen LogP contribution in [-0.4, -0.2) is 9.97 Å². The highest BCUT2D eigenvalue weighted by molar-refractivity contribution is 6.30. The van der Waals surface area contributed by atoms with Crippen molar-refractivity contribution >= 4 is 23.2 Å². The molecule has 2 aromatic carbocycles. The molecule has 0 saturated carbocycles. The summed E-state index contributed by atoms with van der Waals surface area (Å²) in [5, 5.41) is 3.89. The number of nitrogens with zero attached hydrogens (tertiary/aromatic N) is 1. The molecule has 0 spiro atoms. The van der Waals surface area contributed by atoms with Crippen molar-refractivity contribution in [2.24, 2.45) is 0 Å². The molecule has 3 aromatic rings. The summed E-state index contributed by atoms with van der Waals surface area (Å²) in [4.78, 5) is 19.9. The molecule has 0 unspecified atom stereocenters. The summed E-state index contributed by atoms with van der Waals surface area (Å²) in [5.41, 5.74) is 5.52. The van der Waals surface area contributed by atoms with Gasteiger partial charge in [-0.1, -0.05) is 35.9 Å². The average molecular weight is 354 g/mol. The van der Waals surface area contributed by atoms with Crippen molar-refractivity contribution in [3.8, 4) is 0 Å². The third-order valence-electron chi connectivity index (χ3n) is 4.37. The number of anilines is 2. The van der Waals surface area contributed by atoms with Crippen molar-refractivity contribution in [3.63, 3.8) is 0 Å². The summed E-state index contributed by atoms with van der Waals surface area (Å²) < 4.78 is 0. The molecule has 0 fully saturated rings. The van der Waals surface area contributed by atoms with Crippen molar-refractivity contribution in [3.05, 3.63) is 85.8 Å². The molecule has 0 saturated heterocycles. The zero-order chi connectivity index (χ0) is 18.0. The van der Waals surface area contributed by atoms with E-state index in [1.54, 1.807) is 0 Å². The van der Waals surface area contributed by atoms with Crippen LogP contribution in [0.1, 0.15) is 27.9 Å². The normalized spacial score (nSPS) is 10.7. The van der Waals surface area contributed by atoms with Crippen LogP contribution >= 0.6 is 11.6 Å². The van der Waals surface area contributed by atoms with Crippen LogP contribution in [-0.2, 0) is 6.42 Å². The van der Waals surface area contributed by atoms with Crippen molar-refractivity contribution < 1.29 is 0 Å². The molecule has 0 bridgehead atoms. The third-order valence-corrected chi connectivity index (χ3v) is 4.63. The second-order valence-corrected chi connectivity index (χ2v) is 6.59. The summed E-state index contributed by atoms with van der Waals surface area (Å²) in [7, 11) is 0. The molecule has 0 aliphatic heterocycles. The fraction of sp³-hybridized carbons (Fsp3) is 0.200. The van der Waals surface area contributed by atoms with Gasteiger partial charge >= 0.3 is 0 Å². The second kappa shape index (κ2) is 7.11. The van der Waals surface area contributed by atoms with E-state index in [2.05, 4.69) is 28.3 Å². The van der Waals surface area contributed by atoms with Gasteiger partial charge in [0.2, 0.25) is 5.95 Å². The Morgan fingerprint density at radius 2 is 1.80 bits per heavy atom. The molecule has 128 valence electrons. The maximum atomic E-state index is 12.5. The number of aryl methyl sites for hydroxylation is 2. The lowest BCUT2D eigenvalue weighted by Crippen LogP contribution is -2.18. The molecule has 4 nitrogen and oxygen atoms in total. The molecule has 3 rings (SSSR count). The van der Waals surface area contributed by atoms with E-state index in [0.717, 1.165) is 16.8 Å². The lowest BCUT2D eigenvalue weighted by Gasteiger charge is -2.12. The standard InChI is InChI=1S/C20H20ClN3O/c1-12-5-4-6-18(13(12)2)23-20-22-14(3)17(19(25)24-20)11-15-7-9-16(21)10-8-15/h4-10H,11H2,1-3H3,(H2,22,23,24,25). The van der Waals surface area contributed by atoms with Gasteiger partial charge in [0, 0.05) is 22.7 Å². The monoisotopic (exact) mass is 353 g/mol. The lowest BCUT2D eigenvalue weighted by atomic mass is 10.1. The first-order valence-corrected chi connectivity index (χ1v) is 8.49. The fourth-order valence-electron chi connectivity index (χ4n) is 2.70. The fourth-order valence-corrected chi connectivity index (χ4v) is 2.82. The van der Waals surface area contributed by atoms with Gasteiger partial charge in [0.15, 0.2) is 0 Å². The Bertz CT molecular complexity index is 962. The van der Waals surface area contributed by atoms with Crippen LogP contribution in [0.4, 0.5) is 11.6 Å². The van der Waals surface area contributed by atoms with E-state index in [-0.39, 0.29) is 5.56 Å². The zero-order valence-electron chi connectivity index (χ0n) is 14.5. The number of rotatable bonds is 4. The first-order chi connectivity index (χ1) is 11.9. The predicted octanol–water partition coefficient (Wildman–Crippen LogP) is 4.68. The minimum Gasteiger partial charge on any atom is -0.325 e. The quantitative estimate of drug-likeness (QED) is 0.715. The third kappa shape index (κ3) is 3.91. The van der Waals surface area contributed by atoms with E-state index in [1.165, 1.54) is 5.56 Å². The number of halogens is 1. The Labute approximate surface area is 151 Å². The maximum absolute atomic E-state index is 12.5. The van der Waals surface area contributed by atoms with Gasteiger partial charge in [0.1, 0.15) is 0 Å². The van der Waals surface area contributed by atoms with Crippen molar-refractivity contribution in [2.75, 3.05) is 5.32 Å². The van der Waals surface area contributed by atoms with Gasteiger partial charge in [-0.3, -0.25) is 9.78 Å². The molecule has 0 aliphatic rings. The summed E-state index contributed by atoms with van der Waals surface area (Å²) in [5.74, 6) is 0.455. The number of benzene rings is 2. The van der Waals surface area contributed by atoms with Crippen molar-refractivity contribution in [1.82, 2.24) is 9.97 Å². The number of hydrogen-bond donors (Lipinski definition) is 2. The number of H-pyrrole nitrogens is 1. The Kier molecular flexibility index (Phi) is 4.91. The average Bonchev–Trinajstić information content (AvgIpc) is 2.57. The van der Waals surface area contributed by atoms with Gasteiger partial charge in [-0.2, -0.15) is 0 Å². The second-order valence-electron chi connectivity index (χ2n) is 6.15. The molecular formula is C20H20ClN3O. The van der Waals surface area contributed by atoms with Crippen LogP contribution in [0.15, 0.2) is 47.3 Å². The molecule has 1 heterocycles. The molecule has 25 heavy (non-hydrogen) atoms. The summed E-state index contributed by atoms with van der Waals surface area (Å²) >= 11 is 5.91. The highest BCUT2D eigenvalue weighted by Gasteiger charge is 2.10. The molecule has 2 N–H and O–H groups in total. The van der Waals surface area contributed by atoms with Crippen LogP contribution in [0.5, 0.6) is 0 Å². The van der Waals surface area contributed by atoms with Gasteiger partial charge in [0.05, 0.1) is 5.69 Å². The van der Waals surface area contributed by atoms with Crippen molar-refractivity contribution in [1.29, 1.82) is 0 Å². The van der Waals surface area contributed by atoms with Gasteiger partial charge in [-0.05, 0) is 55.7 Å². The van der Waals surface area contributed by atoms with Crippen molar-refractivity contribution in [2.45, 2.75) is 27.2 Å². The SMILES string of the molecule is Cc1cccc(Nc2nc(C)c(Cc3ccc(Cl)cc3)c(=O)[nH]2)c1C. The summed E-state index contributed by atoms with van der Waals surface area (Å²) in [6.45, 7) is 5.95. The van der Waals surface area contributed by atoms with E-state index in [9.17, 15) is 4.79 Å². The van der Waals surface area contributed by atoms with Crippen LogP contribution in [0.2, 0.25) is 5.02 Å². The smallest absolute Gasteiger partial charge is 0.256 e. The van der Waals surface area contributed by atoms with Crippen LogP contribution in [0, 0.1) is 20.8 Å². The first kappa shape index (κ1) is 17.2. The van der Waals surface area contributed by atoms with Gasteiger partial charge in [-0.15, -0.1) is 0 Å².